The lowest BCUT2D eigenvalue weighted by Gasteiger charge is -2.35. The van der Waals surface area contributed by atoms with E-state index >= 15 is 0 Å². The summed E-state index contributed by atoms with van der Waals surface area (Å²) in [6, 6.07) is 6.38. The number of anilines is 1. The Hall–Kier alpha value is -1.14. The van der Waals surface area contributed by atoms with E-state index in [-0.39, 0.29) is 5.91 Å². The van der Waals surface area contributed by atoms with E-state index in [1.807, 2.05) is 0 Å². The van der Waals surface area contributed by atoms with E-state index in [0.717, 1.165) is 12.8 Å². The third-order valence-corrected chi connectivity index (χ3v) is 4.54. The summed E-state index contributed by atoms with van der Waals surface area (Å²) in [4.78, 5) is 12.8. The van der Waals surface area contributed by atoms with Gasteiger partial charge in [-0.25, -0.2) is 0 Å². The molecule has 1 aliphatic rings. The number of hydrogen-bond donors (Lipinski definition) is 2. The molecule has 116 valence electrons. The summed E-state index contributed by atoms with van der Waals surface area (Å²) in [5, 5.41) is 2.79. The van der Waals surface area contributed by atoms with Crippen LogP contribution in [0.15, 0.2) is 29.2 Å². The van der Waals surface area contributed by atoms with Crippen molar-refractivity contribution in [2.45, 2.75) is 48.8 Å². The van der Waals surface area contributed by atoms with E-state index in [2.05, 4.69) is 12.2 Å². The molecule has 0 heterocycles. The third kappa shape index (κ3) is 4.41. The van der Waals surface area contributed by atoms with Crippen LogP contribution in [-0.4, -0.2) is 17.2 Å². The molecule has 21 heavy (non-hydrogen) atoms. The van der Waals surface area contributed by atoms with Gasteiger partial charge in [-0.1, -0.05) is 31.5 Å². The van der Waals surface area contributed by atoms with Gasteiger partial charge in [-0.3, -0.25) is 4.79 Å². The third-order valence-electron chi connectivity index (χ3n) is 3.82. The van der Waals surface area contributed by atoms with Gasteiger partial charge in [0.15, 0.2) is 0 Å². The topological polar surface area (TPSA) is 55.1 Å². The lowest BCUT2D eigenvalue weighted by Crippen LogP contribution is -2.53. The average molecular weight is 314 g/mol. The number of amides is 1. The van der Waals surface area contributed by atoms with E-state index < -0.39 is 11.3 Å². The van der Waals surface area contributed by atoms with E-state index in [9.17, 15) is 13.6 Å². The van der Waals surface area contributed by atoms with Crippen LogP contribution in [0.4, 0.5) is 14.5 Å². The maximum atomic E-state index is 12.3. The lowest BCUT2D eigenvalue weighted by atomic mass is 9.76. The molecule has 1 amide bonds. The Labute approximate surface area is 127 Å². The Bertz CT molecular complexity index is 495. The van der Waals surface area contributed by atoms with Crippen molar-refractivity contribution >= 4 is 23.4 Å². The highest BCUT2D eigenvalue weighted by atomic mass is 32.2. The van der Waals surface area contributed by atoms with Crippen molar-refractivity contribution < 1.29 is 13.6 Å². The number of carbonyl (C=O) groups excluding carboxylic acids is 1. The minimum absolute atomic E-state index is 0.191. The molecule has 1 aromatic carbocycles. The van der Waals surface area contributed by atoms with Gasteiger partial charge in [-0.05, 0) is 43.0 Å². The van der Waals surface area contributed by atoms with Crippen molar-refractivity contribution in [3.05, 3.63) is 24.3 Å². The summed E-state index contributed by atoms with van der Waals surface area (Å²) in [5.41, 5.74) is 5.98. The van der Waals surface area contributed by atoms with Crippen LogP contribution in [0.3, 0.4) is 0 Å². The predicted octanol–water partition coefficient (Wildman–Crippen LogP) is 3.85. The second-order valence-electron chi connectivity index (χ2n) is 5.71. The van der Waals surface area contributed by atoms with Crippen LogP contribution in [-0.2, 0) is 4.79 Å². The molecule has 2 rings (SSSR count). The van der Waals surface area contributed by atoms with Gasteiger partial charge in [0.1, 0.15) is 0 Å². The number of halogens is 2. The van der Waals surface area contributed by atoms with Crippen molar-refractivity contribution in [1.82, 2.24) is 0 Å². The van der Waals surface area contributed by atoms with Crippen molar-refractivity contribution in [3.63, 3.8) is 0 Å². The summed E-state index contributed by atoms with van der Waals surface area (Å²) in [6.07, 6.45) is 3.42. The number of nitrogens with two attached hydrogens (primary N) is 1. The fraction of sp³-hybridized carbons (Fsp3) is 0.533. The zero-order chi connectivity index (χ0) is 15.5. The molecule has 0 radical (unpaired) electrons. The van der Waals surface area contributed by atoms with Crippen LogP contribution < -0.4 is 11.1 Å². The Morgan fingerprint density at radius 2 is 2.10 bits per heavy atom. The second kappa shape index (κ2) is 6.75. The van der Waals surface area contributed by atoms with Crippen molar-refractivity contribution in [2.24, 2.45) is 11.7 Å². The molecule has 1 aliphatic carbocycles. The maximum absolute atomic E-state index is 12.3. The molecule has 0 bridgehead atoms. The molecular weight excluding hydrogens is 294 g/mol. The molecule has 0 spiro atoms. The number of benzene rings is 1. The van der Waals surface area contributed by atoms with Gasteiger partial charge in [0, 0.05) is 10.6 Å². The fourth-order valence-corrected chi connectivity index (χ4v) is 3.27. The first kappa shape index (κ1) is 16.2. The fourth-order valence-electron chi connectivity index (χ4n) is 2.77. The summed E-state index contributed by atoms with van der Waals surface area (Å²) >= 11 is 0.483. The summed E-state index contributed by atoms with van der Waals surface area (Å²) < 4.78 is 24.5. The Morgan fingerprint density at radius 1 is 1.43 bits per heavy atom. The first-order valence-corrected chi connectivity index (χ1v) is 7.92. The zero-order valence-corrected chi connectivity index (χ0v) is 12.8. The molecule has 0 saturated heterocycles. The van der Waals surface area contributed by atoms with Gasteiger partial charge in [0.25, 0.3) is 5.76 Å². The van der Waals surface area contributed by atoms with Crippen LogP contribution in [0.1, 0.15) is 32.6 Å². The van der Waals surface area contributed by atoms with Gasteiger partial charge in [-0.15, -0.1) is 0 Å². The highest BCUT2D eigenvalue weighted by Gasteiger charge is 2.37. The van der Waals surface area contributed by atoms with E-state index in [1.165, 1.54) is 0 Å². The van der Waals surface area contributed by atoms with Crippen molar-refractivity contribution in [1.29, 1.82) is 0 Å². The molecule has 2 atom stereocenters. The van der Waals surface area contributed by atoms with Crippen molar-refractivity contribution in [2.75, 3.05) is 5.32 Å². The molecular formula is C15H20F2N2OS. The highest BCUT2D eigenvalue weighted by Crippen LogP contribution is 2.32. The molecule has 0 aliphatic heterocycles. The highest BCUT2D eigenvalue weighted by molar-refractivity contribution is 7.99. The number of carbonyl (C=O) groups is 1. The minimum atomic E-state index is -2.44. The normalized spacial score (nSPS) is 25.9. The standard InChI is InChI=1S/C15H20F2N2OS/c1-10-3-2-8-15(18,9-10)13(20)19-11-4-6-12(7-5-11)21-14(16)17/h4-7,10,14H,2-3,8-9,18H2,1H3,(H,19,20). The van der Waals surface area contributed by atoms with Gasteiger partial charge >= 0.3 is 0 Å². The van der Waals surface area contributed by atoms with Crippen LogP contribution in [0, 0.1) is 5.92 Å². The predicted molar refractivity (Wildman–Crippen MR) is 81.5 cm³/mol. The second-order valence-corrected chi connectivity index (χ2v) is 6.78. The molecule has 2 unspecified atom stereocenters. The van der Waals surface area contributed by atoms with Crippen LogP contribution in [0.5, 0.6) is 0 Å². The van der Waals surface area contributed by atoms with Gasteiger partial charge in [0.05, 0.1) is 5.54 Å². The maximum Gasteiger partial charge on any atom is 0.288 e. The van der Waals surface area contributed by atoms with Gasteiger partial charge in [0.2, 0.25) is 5.91 Å². The molecule has 1 aromatic rings. The molecule has 1 saturated carbocycles. The summed E-state index contributed by atoms with van der Waals surface area (Å²) in [6.45, 7) is 2.10. The molecule has 3 nitrogen and oxygen atoms in total. The number of thioether (sulfide) groups is 1. The van der Waals surface area contributed by atoms with Gasteiger partial charge < -0.3 is 11.1 Å². The Kier molecular flexibility index (Phi) is 5.22. The van der Waals surface area contributed by atoms with Crippen LogP contribution in [0.2, 0.25) is 0 Å². The van der Waals surface area contributed by atoms with Crippen LogP contribution >= 0.6 is 11.8 Å². The first-order chi connectivity index (χ1) is 9.89. The Morgan fingerprint density at radius 3 is 2.67 bits per heavy atom. The first-order valence-electron chi connectivity index (χ1n) is 7.04. The monoisotopic (exact) mass is 314 g/mol. The number of hydrogen-bond acceptors (Lipinski definition) is 3. The number of nitrogens with one attached hydrogen (secondary N) is 1. The summed E-state index contributed by atoms with van der Waals surface area (Å²) in [5.74, 6) is -2.19. The molecule has 6 heteroatoms. The quantitative estimate of drug-likeness (QED) is 0.830. The minimum Gasteiger partial charge on any atom is -0.324 e. The molecule has 1 fully saturated rings. The lowest BCUT2D eigenvalue weighted by molar-refractivity contribution is -0.122. The molecule has 3 N–H and O–H groups in total. The average Bonchev–Trinajstić information content (AvgIpc) is 2.40. The molecule has 0 aromatic heterocycles. The van der Waals surface area contributed by atoms with Crippen LogP contribution in [0.25, 0.3) is 0 Å². The summed E-state index contributed by atoms with van der Waals surface area (Å²) in [7, 11) is 0. The Balaban J connectivity index is 1.99. The zero-order valence-electron chi connectivity index (χ0n) is 11.9. The van der Waals surface area contributed by atoms with E-state index in [0.29, 0.717) is 41.1 Å². The smallest absolute Gasteiger partial charge is 0.288 e. The largest absolute Gasteiger partial charge is 0.324 e. The number of rotatable bonds is 4. The van der Waals surface area contributed by atoms with Crippen molar-refractivity contribution in [3.8, 4) is 0 Å². The van der Waals surface area contributed by atoms with E-state index in [4.69, 9.17) is 5.73 Å². The van der Waals surface area contributed by atoms with E-state index in [1.54, 1.807) is 24.3 Å². The SMILES string of the molecule is CC1CCCC(N)(C(=O)Nc2ccc(SC(F)F)cc2)C1. The van der Waals surface area contributed by atoms with Gasteiger partial charge in [-0.2, -0.15) is 8.78 Å². The number of alkyl halides is 2.